The molecule has 1 aliphatic rings. The first kappa shape index (κ1) is 14.8. The molecule has 1 saturated heterocycles. The fourth-order valence-electron chi connectivity index (χ4n) is 2.46. The molecule has 0 amide bonds. The van der Waals surface area contributed by atoms with Crippen molar-refractivity contribution in [2.24, 2.45) is 0 Å². The smallest absolute Gasteiger partial charge is 0.151 e. The molecular weight excluding hydrogens is 377 g/mol. The Labute approximate surface area is 138 Å². The van der Waals surface area contributed by atoms with Crippen LogP contribution >= 0.6 is 22.6 Å². The lowest BCUT2D eigenvalue weighted by Crippen LogP contribution is -2.43. The van der Waals surface area contributed by atoms with Crippen molar-refractivity contribution in [3.8, 4) is 5.75 Å². The molecule has 0 unspecified atom stereocenters. The largest absolute Gasteiger partial charge is 0.482 e. The van der Waals surface area contributed by atoms with Crippen LogP contribution in [0.2, 0.25) is 0 Å². The molecule has 1 N–H and O–H groups in total. The van der Waals surface area contributed by atoms with Crippen molar-refractivity contribution in [3.63, 3.8) is 0 Å². The van der Waals surface area contributed by atoms with Crippen molar-refractivity contribution in [1.29, 1.82) is 0 Å². The standard InChI is InChI=1S/C17H18INO2/c18-14-8-4-5-9-15(14)21-17(13-6-2-1-3-7-13)16-12-19-10-11-20-16/h1-9,16-17,19H,10-12H2/t16-,17+/m0/s1. The summed E-state index contributed by atoms with van der Waals surface area (Å²) in [6, 6.07) is 18.4. The SMILES string of the molecule is Ic1ccccc1O[C@H](c1ccccc1)[C@@H]1CNCCO1. The minimum Gasteiger partial charge on any atom is -0.482 e. The monoisotopic (exact) mass is 395 g/mol. The summed E-state index contributed by atoms with van der Waals surface area (Å²) in [4.78, 5) is 0. The molecule has 2 aromatic rings. The van der Waals surface area contributed by atoms with Crippen LogP contribution in [0.3, 0.4) is 0 Å². The van der Waals surface area contributed by atoms with Crippen LogP contribution in [0.1, 0.15) is 11.7 Å². The van der Waals surface area contributed by atoms with Gasteiger partial charge in [-0.3, -0.25) is 0 Å². The molecular formula is C17H18INO2. The van der Waals surface area contributed by atoms with E-state index in [4.69, 9.17) is 9.47 Å². The molecule has 0 spiro atoms. The Bertz CT molecular complexity index is 570. The number of nitrogens with one attached hydrogen (secondary N) is 1. The summed E-state index contributed by atoms with van der Waals surface area (Å²) in [7, 11) is 0. The number of rotatable bonds is 4. The second-order valence-corrected chi connectivity index (χ2v) is 6.16. The second kappa shape index (κ2) is 7.24. The fourth-order valence-corrected chi connectivity index (χ4v) is 2.97. The van der Waals surface area contributed by atoms with E-state index in [1.807, 2.05) is 36.4 Å². The van der Waals surface area contributed by atoms with Crippen molar-refractivity contribution in [2.75, 3.05) is 19.7 Å². The number of ether oxygens (including phenoxy) is 2. The molecule has 21 heavy (non-hydrogen) atoms. The van der Waals surface area contributed by atoms with Crippen LogP contribution in [0.5, 0.6) is 5.75 Å². The summed E-state index contributed by atoms with van der Waals surface area (Å²) in [5.41, 5.74) is 1.14. The molecule has 0 aromatic heterocycles. The summed E-state index contributed by atoms with van der Waals surface area (Å²) >= 11 is 2.30. The van der Waals surface area contributed by atoms with E-state index < -0.39 is 0 Å². The van der Waals surface area contributed by atoms with Gasteiger partial charge in [0.25, 0.3) is 0 Å². The number of hydrogen-bond acceptors (Lipinski definition) is 3. The maximum Gasteiger partial charge on any atom is 0.151 e. The normalized spacial score (nSPS) is 20.0. The zero-order chi connectivity index (χ0) is 14.5. The summed E-state index contributed by atoms with van der Waals surface area (Å²) in [6.07, 6.45) is -0.0768. The summed E-state index contributed by atoms with van der Waals surface area (Å²) in [5.74, 6) is 0.904. The average molecular weight is 395 g/mol. The lowest BCUT2D eigenvalue weighted by atomic mass is 10.0. The van der Waals surface area contributed by atoms with E-state index in [9.17, 15) is 0 Å². The van der Waals surface area contributed by atoms with Gasteiger partial charge in [0.2, 0.25) is 0 Å². The first-order valence-corrected chi connectivity index (χ1v) is 8.21. The van der Waals surface area contributed by atoms with Crippen LogP contribution < -0.4 is 10.1 Å². The van der Waals surface area contributed by atoms with Gasteiger partial charge >= 0.3 is 0 Å². The van der Waals surface area contributed by atoms with Gasteiger partial charge in [0.05, 0.1) is 10.2 Å². The molecule has 2 aromatic carbocycles. The first-order chi connectivity index (χ1) is 10.3. The van der Waals surface area contributed by atoms with Crippen LogP contribution in [-0.2, 0) is 4.74 Å². The molecule has 1 aliphatic heterocycles. The van der Waals surface area contributed by atoms with Gasteiger partial charge in [0.15, 0.2) is 6.10 Å². The molecule has 2 atom stereocenters. The van der Waals surface area contributed by atoms with E-state index in [-0.39, 0.29) is 12.2 Å². The Morgan fingerprint density at radius 2 is 1.86 bits per heavy atom. The second-order valence-electron chi connectivity index (χ2n) is 4.99. The minimum atomic E-state index is -0.102. The third-order valence-corrected chi connectivity index (χ3v) is 4.40. The predicted molar refractivity (Wildman–Crippen MR) is 91.6 cm³/mol. The van der Waals surface area contributed by atoms with E-state index >= 15 is 0 Å². The first-order valence-electron chi connectivity index (χ1n) is 7.13. The molecule has 110 valence electrons. The van der Waals surface area contributed by atoms with Gasteiger partial charge in [0, 0.05) is 13.1 Å². The van der Waals surface area contributed by atoms with Crippen LogP contribution in [0.15, 0.2) is 54.6 Å². The van der Waals surface area contributed by atoms with Gasteiger partial charge in [-0.25, -0.2) is 0 Å². The number of hydrogen-bond donors (Lipinski definition) is 1. The number of benzene rings is 2. The van der Waals surface area contributed by atoms with E-state index in [1.165, 1.54) is 0 Å². The van der Waals surface area contributed by atoms with Crippen LogP contribution in [0, 0.1) is 3.57 Å². The highest BCUT2D eigenvalue weighted by Crippen LogP contribution is 2.30. The predicted octanol–water partition coefficient (Wildman–Crippen LogP) is 3.40. The van der Waals surface area contributed by atoms with Crippen molar-refractivity contribution in [3.05, 3.63) is 63.7 Å². The molecule has 1 heterocycles. The van der Waals surface area contributed by atoms with Crippen molar-refractivity contribution in [2.45, 2.75) is 12.2 Å². The third kappa shape index (κ3) is 3.75. The molecule has 0 saturated carbocycles. The maximum absolute atomic E-state index is 6.30. The highest BCUT2D eigenvalue weighted by molar-refractivity contribution is 14.1. The Hall–Kier alpha value is -1.11. The zero-order valence-corrected chi connectivity index (χ0v) is 13.8. The average Bonchev–Trinajstić information content (AvgIpc) is 2.56. The highest BCUT2D eigenvalue weighted by Gasteiger charge is 2.28. The van der Waals surface area contributed by atoms with Gasteiger partial charge in [0.1, 0.15) is 11.9 Å². The molecule has 4 heteroatoms. The fraction of sp³-hybridized carbons (Fsp3) is 0.294. The number of morpholine rings is 1. The zero-order valence-electron chi connectivity index (χ0n) is 11.7. The lowest BCUT2D eigenvalue weighted by molar-refractivity contribution is -0.0435. The number of halogens is 1. The maximum atomic E-state index is 6.30. The van der Waals surface area contributed by atoms with Gasteiger partial charge < -0.3 is 14.8 Å². The van der Waals surface area contributed by atoms with Crippen molar-refractivity contribution >= 4 is 22.6 Å². The van der Waals surface area contributed by atoms with E-state index in [0.29, 0.717) is 0 Å². The highest BCUT2D eigenvalue weighted by atomic mass is 127. The van der Waals surface area contributed by atoms with E-state index in [0.717, 1.165) is 34.6 Å². The van der Waals surface area contributed by atoms with Gasteiger partial charge in [-0.1, -0.05) is 42.5 Å². The molecule has 0 bridgehead atoms. The topological polar surface area (TPSA) is 30.5 Å². The van der Waals surface area contributed by atoms with Crippen molar-refractivity contribution < 1.29 is 9.47 Å². The van der Waals surface area contributed by atoms with Crippen LogP contribution in [-0.4, -0.2) is 25.8 Å². The Morgan fingerprint density at radius 1 is 1.10 bits per heavy atom. The summed E-state index contributed by atoms with van der Waals surface area (Å²) < 4.78 is 13.3. The van der Waals surface area contributed by atoms with Crippen LogP contribution in [0.4, 0.5) is 0 Å². The number of para-hydroxylation sites is 1. The Kier molecular flexibility index (Phi) is 5.11. The van der Waals surface area contributed by atoms with Gasteiger partial charge in [-0.05, 0) is 40.3 Å². The van der Waals surface area contributed by atoms with Gasteiger partial charge in [-0.2, -0.15) is 0 Å². The molecule has 0 aliphatic carbocycles. The minimum absolute atomic E-state index is 0.0251. The summed E-state index contributed by atoms with van der Waals surface area (Å²) in [6.45, 7) is 2.44. The molecule has 1 fully saturated rings. The molecule has 3 nitrogen and oxygen atoms in total. The molecule has 3 rings (SSSR count). The van der Waals surface area contributed by atoms with Crippen molar-refractivity contribution in [1.82, 2.24) is 5.32 Å². The Morgan fingerprint density at radius 3 is 2.57 bits per heavy atom. The lowest BCUT2D eigenvalue weighted by Gasteiger charge is -2.31. The van der Waals surface area contributed by atoms with Gasteiger partial charge in [-0.15, -0.1) is 0 Å². The third-order valence-electron chi connectivity index (χ3n) is 3.51. The molecule has 0 radical (unpaired) electrons. The summed E-state index contributed by atoms with van der Waals surface area (Å²) in [5, 5.41) is 3.38. The van der Waals surface area contributed by atoms with Crippen LogP contribution in [0.25, 0.3) is 0 Å². The quantitative estimate of drug-likeness (QED) is 0.806. The Balaban J connectivity index is 1.87. The van der Waals surface area contributed by atoms with E-state index in [2.05, 4.69) is 46.1 Å². The van der Waals surface area contributed by atoms with E-state index in [1.54, 1.807) is 0 Å².